The first-order valence-electron chi connectivity index (χ1n) is 4.03. The lowest BCUT2D eigenvalue weighted by atomic mass is 10.2. The Morgan fingerprint density at radius 3 is 2.92 bits per heavy atom. The van der Waals surface area contributed by atoms with Gasteiger partial charge < -0.3 is 5.11 Å². The first-order valence-corrected chi connectivity index (χ1v) is 4.03. The van der Waals surface area contributed by atoms with Crippen molar-refractivity contribution in [3.8, 4) is 0 Å². The lowest BCUT2D eigenvalue weighted by Gasteiger charge is -1.92. The van der Waals surface area contributed by atoms with E-state index in [1.54, 1.807) is 0 Å². The number of aryl methyl sites for hydroxylation is 1. The SMILES string of the molecule is Cc1ccc(C=CCCO)nc1. The van der Waals surface area contributed by atoms with E-state index in [-0.39, 0.29) is 6.61 Å². The molecule has 12 heavy (non-hydrogen) atoms. The molecule has 0 spiro atoms. The Labute approximate surface area is 72.6 Å². The highest BCUT2D eigenvalue weighted by Gasteiger charge is 1.86. The van der Waals surface area contributed by atoms with Crippen LogP contribution in [0.1, 0.15) is 17.7 Å². The standard InChI is InChI=1S/C10H13NO/c1-9-5-6-10(11-8-9)4-2-3-7-12/h2,4-6,8,12H,3,7H2,1H3. The van der Waals surface area contributed by atoms with Gasteiger partial charge in [0.05, 0.1) is 5.69 Å². The Bertz CT molecular complexity index is 251. The van der Waals surface area contributed by atoms with Crippen LogP contribution < -0.4 is 0 Å². The Morgan fingerprint density at radius 2 is 2.33 bits per heavy atom. The van der Waals surface area contributed by atoms with Gasteiger partial charge in [0.25, 0.3) is 0 Å². The van der Waals surface area contributed by atoms with E-state index in [0.29, 0.717) is 6.42 Å². The molecule has 1 N–H and O–H groups in total. The molecule has 1 rings (SSSR count). The molecule has 0 bridgehead atoms. The molecule has 0 aromatic carbocycles. The number of hydrogen-bond donors (Lipinski definition) is 1. The van der Waals surface area contributed by atoms with Crippen molar-refractivity contribution in [2.24, 2.45) is 0 Å². The summed E-state index contributed by atoms with van der Waals surface area (Å²) in [6.45, 7) is 2.20. The van der Waals surface area contributed by atoms with E-state index < -0.39 is 0 Å². The molecule has 0 aliphatic carbocycles. The Hall–Kier alpha value is -1.15. The fourth-order valence-electron chi connectivity index (χ4n) is 0.856. The smallest absolute Gasteiger partial charge is 0.0626 e. The van der Waals surface area contributed by atoms with Crippen molar-refractivity contribution in [2.75, 3.05) is 6.61 Å². The van der Waals surface area contributed by atoms with Crippen molar-refractivity contribution in [3.05, 3.63) is 35.7 Å². The summed E-state index contributed by atoms with van der Waals surface area (Å²) in [5.41, 5.74) is 2.10. The van der Waals surface area contributed by atoms with Crippen LogP contribution in [0.3, 0.4) is 0 Å². The van der Waals surface area contributed by atoms with Crippen LogP contribution in [0.2, 0.25) is 0 Å². The number of pyridine rings is 1. The largest absolute Gasteiger partial charge is 0.396 e. The summed E-state index contributed by atoms with van der Waals surface area (Å²) in [5.74, 6) is 0. The second kappa shape index (κ2) is 4.67. The zero-order chi connectivity index (χ0) is 8.81. The van der Waals surface area contributed by atoms with Crippen molar-refractivity contribution >= 4 is 6.08 Å². The lowest BCUT2D eigenvalue weighted by Crippen LogP contribution is -1.81. The van der Waals surface area contributed by atoms with Crippen LogP contribution in [0, 0.1) is 6.92 Å². The quantitative estimate of drug-likeness (QED) is 0.736. The van der Waals surface area contributed by atoms with Gasteiger partial charge in [0.1, 0.15) is 0 Å². The maximum absolute atomic E-state index is 8.52. The van der Waals surface area contributed by atoms with Gasteiger partial charge in [-0.05, 0) is 31.1 Å². The zero-order valence-electron chi connectivity index (χ0n) is 7.20. The molecule has 0 saturated carbocycles. The van der Waals surface area contributed by atoms with Crippen molar-refractivity contribution in [1.29, 1.82) is 0 Å². The minimum Gasteiger partial charge on any atom is -0.396 e. The number of aliphatic hydroxyl groups is 1. The van der Waals surface area contributed by atoms with Crippen LogP contribution in [-0.4, -0.2) is 16.7 Å². The van der Waals surface area contributed by atoms with E-state index in [0.717, 1.165) is 11.3 Å². The monoisotopic (exact) mass is 163 g/mol. The maximum Gasteiger partial charge on any atom is 0.0626 e. The highest BCUT2D eigenvalue weighted by atomic mass is 16.2. The summed E-state index contributed by atoms with van der Waals surface area (Å²) in [6.07, 6.45) is 6.35. The summed E-state index contributed by atoms with van der Waals surface area (Å²) >= 11 is 0. The van der Waals surface area contributed by atoms with E-state index in [9.17, 15) is 0 Å². The van der Waals surface area contributed by atoms with Gasteiger partial charge in [-0.25, -0.2) is 0 Å². The van der Waals surface area contributed by atoms with Crippen molar-refractivity contribution in [2.45, 2.75) is 13.3 Å². The molecule has 0 amide bonds. The van der Waals surface area contributed by atoms with Gasteiger partial charge in [-0.2, -0.15) is 0 Å². The predicted molar refractivity (Wildman–Crippen MR) is 49.7 cm³/mol. The van der Waals surface area contributed by atoms with Crippen LogP contribution >= 0.6 is 0 Å². The molecule has 0 radical (unpaired) electrons. The number of hydrogen-bond acceptors (Lipinski definition) is 2. The van der Waals surface area contributed by atoms with Gasteiger partial charge in [0.15, 0.2) is 0 Å². The fourth-order valence-corrected chi connectivity index (χ4v) is 0.856. The average molecular weight is 163 g/mol. The van der Waals surface area contributed by atoms with Crippen LogP contribution in [-0.2, 0) is 0 Å². The Balaban J connectivity index is 2.58. The van der Waals surface area contributed by atoms with Crippen LogP contribution in [0.25, 0.3) is 6.08 Å². The van der Waals surface area contributed by atoms with Crippen LogP contribution in [0.15, 0.2) is 24.4 Å². The normalized spacial score (nSPS) is 10.8. The molecule has 1 aromatic rings. The topological polar surface area (TPSA) is 33.1 Å². The lowest BCUT2D eigenvalue weighted by molar-refractivity contribution is 0.303. The molecule has 64 valence electrons. The summed E-state index contributed by atoms with van der Waals surface area (Å²) in [7, 11) is 0. The number of aliphatic hydroxyl groups excluding tert-OH is 1. The van der Waals surface area contributed by atoms with Gasteiger partial charge >= 0.3 is 0 Å². The van der Waals surface area contributed by atoms with Gasteiger partial charge in [0.2, 0.25) is 0 Å². The fraction of sp³-hybridized carbons (Fsp3) is 0.300. The van der Waals surface area contributed by atoms with E-state index in [1.807, 2.05) is 37.4 Å². The third-order valence-electron chi connectivity index (χ3n) is 1.52. The molecule has 2 heteroatoms. The first-order chi connectivity index (χ1) is 5.83. The average Bonchev–Trinajstić information content (AvgIpc) is 2.09. The minimum absolute atomic E-state index is 0.197. The van der Waals surface area contributed by atoms with Crippen molar-refractivity contribution < 1.29 is 5.11 Å². The molecule has 0 unspecified atom stereocenters. The molecular weight excluding hydrogens is 150 g/mol. The third kappa shape index (κ3) is 2.84. The molecule has 0 fully saturated rings. The zero-order valence-corrected chi connectivity index (χ0v) is 7.20. The van der Waals surface area contributed by atoms with E-state index >= 15 is 0 Å². The second-order valence-corrected chi connectivity index (χ2v) is 2.68. The van der Waals surface area contributed by atoms with Gasteiger partial charge in [-0.15, -0.1) is 0 Å². The molecule has 0 saturated heterocycles. The molecule has 0 atom stereocenters. The number of aromatic nitrogens is 1. The summed E-state index contributed by atoms with van der Waals surface area (Å²) in [4.78, 5) is 4.18. The van der Waals surface area contributed by atoms with Gasteiger partial charge in [-0.1, -0.05) is 12.1 Å². The molecule has 1 heterocycles. The summed E-state index contributed by atoms with van der Waals surface area (Å²) in [5, 5.41) is 8.52. The Morgan fingerprint density at radius 1 is 1.50 bits per heavy atom. The highest BCUT2D eigenvalue weighted by molar-refractivity contribution is 5.44. The van der Waals surface area contributed by atoms with Crippen LogP contribution in [0.4, 0.5) is 0 Å². The van der Waals surface area contributed by atoms with Crippen molar-refractivity contribution in [1.82, 2.24) is 4.98 Å². The number of rotatable bonds is 3. The van der Waals surface area contributed by atoms with Crippen LogP contribution in [0.5, 0.6) is 0 Å². The second-order valence-electron chi connectivity index (χ2n) is 2.68. The summed E-state index contributed by atoms with van der Waals surface area (Å²) in [6, 6.07) is 3.98. The molecule has 1 aromatic heterocycles. The molecular formula is C10H13NO. The molecule has 0 aliphatic rings. The van der Waals surface area contributed by atoms with E-state index in [1.165, 1.54) is 0 Å². The molecule has 0 aliphatic heterocycles. The predicted octanol–water partition coefficient (Wildman–Crippen LogP) is 1.79. The molecule has 2 nitrogen and oxygen atoms in total. The van der Waals surface area contributed by atoms with E-state index in [2.05, 4.69) is 4.98 Å². The summed E-state index contributed by atoms with van der Waals surface area (Å²) < 4.78 is 0. The number of nitrogens with zero attached hydrogens (tertiary/aromatic N) is 1. The maximum atomic E-state index is 8.52. The van der Waals surface area contributed by atoms with E-state index in [4.69, 9.17) is 5.11 Å². The van der Waals surface area contributed by atoms with Crippen molar-refractivity contribution in [3.63, 3.8) is 0 Å². The highest BCUT2D eigenvalue weighted by Crippen LogP contribution is 2.00. The minimum atomic E-state index is 0.197. The Kier molecular flexibility index (Phi) is 3.48. The van der Waals surface area contributed by atoms with Gasteiger partial charge in [-0.3, -0.25) is 4.98 Å². The first kappa shape index (κ1) is 8.94. The third-order valence-corrected chi connectivity index (χ3v) is 1.52. The van der Waals surface area contributed by atoms with Gasteiger partial charge in [0, 0.05) is 12.8 Å².